The molecule has 14 nitrogen and oxygen atoms in total. The molecule has 1 fully saturated rings. The molecular formula is C27H37N2O12P. The van der Waals surface area contributed by atoms with E-state index in [1.807, 2.05) is 0 Å². The predicted octanol–water partition coefficient (Wildman–Crippen LogP) is 3.14. The number of amides is 1. The van der Waals surface area contributed by atoms with Crippen molar-refractivity contribution in [2.75, 3.05) is 35.0 Å². The van der Waals surface area contributed by atoms with Gasteiger partial charge in [0, 0.05) is 11.6 Å². The number of methoxy groups -OCH3 is 4. The first-order chi connectivity index (χ1) is 19.9. The topological polar surface area (TPSA) is 158 Å². The SMILES string of the molecule is COC(=O)[C@H](C)NP(=O)(OC[C@H]1OC(C)(C)O[C@H]1C(=O)NOCc1ccc(OC)cc1OC)Oc1ccc(OC)cc1. The van der Waals surface area contributed by atoms with Crippen molar-refractivity contribution >= 4 is 19.6 Å². The molecule has 42 heavy (non-hydrogen) atoms. The largest absolute Gasteiger partial charge is 0.497 e. The molecule has 0 aliphatic carbocycles. The van der Waals surface area contributed by atoms with E-state index in [-0.39, 0.29) is 12.4 Å². The first-order valence-corrected chi connectivity index (χ1v) is 14.4. The minimum atomic E-state index is -4.23. The molecule has 3 rings (SSSR count). The molecule has 0 bridgehead atoms. The van der Waals surface area contributed by atoms with E-state index in [1.54, 1.807) is 44.2 Å². The van der Waals surface area contributed by atoms with E-state index >= 15 is 0 Å². The minimum Gasteiger partial charge on any atom is -0.497 e. The average molecular weight is 613 g/mol. The van der Waals surface area contributed by atoms with Gasteiger partial charge in [0.1, 0.15) is 41.8 Å². The van der Waals surface area contributed by atoms with Gasteiger partial charge in [-0.15, -0.1) is 0 Å². The first-order valence-electron chi connectivity index (χ1n) is 12.8. The van der Waals surface area contributed by atoms with Crippen LogP contribution in [0, 0.1) is 0 Å². The van der Waals surface area contributed by atoms with Gasteiger partial charge in [-0.2, -0.15) is 5.09 Å². The zero-order chi connectivity index (χ0) is 30.9. The highest BCUT2D eigenvalue weighted by molar-refractivity contribution is 7.52. The summed E-state index contributed by atoms with van der Waals surface area (Å²) in [6.45, 7) is 4.23. The summed E-state index contributed by atoms with van der Waals surface area (Å²) in [5, 5.41) is 2.54. The van der Waals surface area contributed by atoms with Crippen molar-refractivity contribution in [2.45, 2.75) is 51.4 Å². The smallest absolute Gasteiger partial charge is 0.459 e. The Labute approximate surface area is 244 Å². The number of esters is 1. The van der Waals surface area contributed by atoms with E-state index in [2.05, 4.69) is 10.6 Å². The Morgan fingerprint density at radius 2 is 1.60 bits per heavy atom. The maximum absolute atomic E-state index is 13.8. The molecule has 1 amide bonds. The van der Waals surface area contributed by atoms with Crippen LogP contribution in [0.3, 0.4) is 0 Å². The van der Waals surface area contributed by atoms with Crippen LogP contribution in [0.1, 0.15) is 26.3 Å². The summed E-state index contributed by atoms with van der Waals surface area (Å²) in [5.41, 5.74) is 3.01. The molecule has 1 saturated heterocycles. The fourth-order valence-corrected chi connectivity index (χ4v) is 5.40. The second-order valence-electron chi connectivity index (χ2n) is 9.46. The third kappa shape index (κ3) is 9.05. The monoisotopic (exact) mass is 612 g/mol. The number of carbonyl (C=O) groups excluding carboxylic acids is 2. The van der Waals surface area contributed by atoms with Crippen molar-refractivity contribution in [3.05, 3.63) is 48.0 Å². The number of nitrogens with one attached hydrogen (secondary N) is 2. The van der Waals surface area contributed by atoms with Gasteiger partial charge in [0.25, 0.3) is 5.91 Å². The summed E-state index contributed by atoms with van der Waals surface area (Å²) in [4.78, 5) is 30.5. The highest BCUT2D eigenvalue weighted by atomic mass is 31.2. The Morgan fingerprint density at radius 1 is 0.952 bits per heavy atom. The van der Waals surface area contributed by atoms with E-state index in [4.69, 9.17) is 42.3 Å². The molecule has 2 N–H and O–H groups in total. The lowest BCUT2D eigenvalue weighted by atomic mass is 10.2. The normalized spacial score (nSPS) is 19.7. The number of hydrogen-bond donors (Lipinski definition) is 2. The fraction of sp³-hybridized carbons (Fsp3) is 0.481. The Morgan fingerprint density at radius 3 is 2.21 bits per heavy atom. The van der Waals surface area contributed by atoms with E-state index in [0.29, 0.717) is 22.8 Å². The first kappa shape index (κ1) is 33.1. The van der Waals surface area contributed by atoms with Crippen LogP contribution in [0.5, 0.6) is 23.0 Å². The molecule has 1 heterocycles. The molecule has 0 aromatic heterocycles. The van der Waals surface area contributed by atoms with Gasteiger partial charge in [0.2, 0.25) is 0 Å². The molecule has 2 aromatic carbocycles. The number of ether oxygens (including phenoxy) is 6. The molecule has 1 aliphatic heterocycles. The highest BCUT2D eigenvalue weighted by Crippen LogP contribution is 2.46. The van der Waals surface area contributed by atoms with Crippen LogP contribution in [0.15, 0.2) is 42.5 Å². The molecule has 0 saturated carbocycles. The van der Waals surface area contributed by atoms with Crippen LogP contribution in [0.25, 0.3) is 0 Å². The Kier molecular flexibility index (Phi) is 11.6. The van der Waals surface area contributed by atoms with Gasteiger partial charge >= 0.3 is 13.7 Å². The van der Waals surface area contributed by atoms with Crippen LogP contribution >= 0.6 is 7.75 Å². The molecule has 1 aliphatic rings. The lowest BCUT2D eigenvalue weighted by Crippen LogP contribution is -2.43. The van der Waals surface area contributed by atoms with Gasteiger partial charge in [-0.25, -0.2) is 10.0 Å². The van der Waals surface area contributed by atoms with Crippen molar-refractivity contribution in [1.29, 1.82) is 0 Å². The lowest BCUT2D eigenvalue weighted by molar-refractivity contribution is -0.163. The maximum Gasteiger partial charge on any atom is 0.459 e. The fourth-order valence-electron chi connectivity index (χ4n) is 3.90. The molecule has 4 atom stereocenters. The third-order valence-electron chi connectivity index (χ3n) is 5.94. The Hall–Kier alpha value is -3.39. The average Bonchev–Trinajstić information content (AvgIpc) is 3.30. The van der Waals surface area contributed by atoms with Crippen LogP contribution in [0.4, 0.5) is 0 Å². The Bertz CT molecular complexity index is 1260. The number of hydrogen-bond acceptors (Lipinski definition) is 12. The summed E-state index contributed by atoms with van der Waals surface area (Å²) in [6, 6.07) is 10.3. The predicted molar refractivity (Wildman–Crippen MR) is 148 cm³/mol. The van der Waals surface area contributed by atoms with E-state index < -0.39 is 50.3 Å². The van der Waals surface area contributed by atoms with Gasteiger partial charge in [-0.05, 0) is 57.2 Å². The number of benzene rings is 2. The molecule has 15 heteroatoms. The van der Waals surface area contributed by atoms with Gasteiger partial charge in [-0.1, -0.05) is 0 Å². The van der Waals surface area contributed by atoms with E-state index in [1.165, 1.54) is 47.5 Å². The summed E-state index contributed by atoms with van der Waals surface area (Å²) in [7, 11) is 1.51. The third-order valence-corrected chi connectivity index (χ3v) is 7.58. The lowest BCUT2D eigenvalue weighted by Gasteiger charge is -2.24. The van der Waals surface area contributed by atoms with Gasteiger partial charge in [-0.3, -0.25) is 19.0 Å². The summed E-state index contributed by atoms with van der Waals surface area (Å²) in [6.07, 6.45) is -2.23. The second kappa shape index (κ2) is 14.7. The van der Waals surface area contributed by atoms with Crippen LogP contribution in [-0.2, 0) is 44.3 Å². The van der Waals surface area contributed by atoms with Gasteiger partial charge < -0.3 is 32.9 Å². The summed E-state index contributed by atoms with van der Waals surface area (Å²) < 4.78 is 57.1. The van der Waals surface area contributed by atoms with E-state index in [0.717, 1.165) is 0 Å². The molecule has 2 aromatic rings. The van der Waals surface area contributed by atoms with Crippen molar-refractivity contribution in [3.8, 4) is 23.0 Å². The van der Waals surface area contributed by atoms with Gasteiger partial charge in [0.05, 0.1) is 35.0 Å². The van der Waals surface area contributed by atoms with Crippen LogP contribution in [0.2, 0.25) is 0 Å². The summed E-state index contributed by atoms with van der Waals surface area (Å²) in [5.74, 6) is -0.700. The number of rotatable bonds is 15. The minimum absolute atomic E-state index is 0.0166. The molecular weight excluding hydrogens is 575 g/mol. The van der Waals surface area contributed by atoms with E-state index in [9.17, 15) is 14.2 Å². The Balaban J connectivity index is 1.69. The number of carbonyl (C=O) groups is 2. The summed E-state index contributed by atoms with van der Waals surface area (Å²) >= 11 is 0. The molecule has 1 unspecified atom stereocenters. The second-order valence-corrected chi connectivity index (χ2v) is 11.2. The number of hydroxylamine groups is 1. The van der Waals surface area contributed by atoms with Crippen molar-refractivity contribution < 1.29 is 56.5 Å². The van der Waals surface area contributed by atoms with Crippen molar-refractivity contribution in [1.82, 2.24) is 10.6 Å². The maximum atomic E-state index is 13.8. The van der Waals surface area contributed by atoms with Crippen molar-refractivity contribution in [3.63, 3.8) is 0 Å². The van der Waals surface area contributed by atoms with Crippen molar-refractivity contribution in [2.24, 2.45) is 0 Å². The quantitative estimate of drug-likeness (QED) is 0.172. The molecule has 0 radical (unpaired) electrons. The highest BCUT2D eigenvalue weighted by Gasteiger charge is 2.47. The van der Waals surface area contributed by atoms with Crippen LogP contribution < -0.4 is 29.3 Å². The zero-order valence-corrected chi connectivity index (χ0v) is 25.4. The molecule has 232 valence electrons. The van der Waals surface area contributed by atoms with Crippen LogP contribution in [-0.4, -0.2) is 71.0 Å². The van der Waals surface area contributed by atoms with Gasteiger partial charge in [0.15, 0.2) is 11.9 Å². The molecule has 0 spiro atoms. The zero-order valence-electron chi connectivity index (χ0n) is 24.5. The standard InChI is InChI=1S/C27H37N2O12P/c1-17(26(31)36-7)29-42(32,41-20-12-10-19(33-4)11-13-20)38-16-23-24(40-27(2,3)39-23)25(30)28-37-15-18-8-9-21(34-5)14-22(18)35-6/h8-14,17,23-24H,15-16H2,1-7H3,(H,28,30)(H,29,32)/t17-,23+,24+,42?/m0/s1.